The summed E-state index contributed by atoms with van der Waals surface area (Å²) in [6.07, 6.45) is 3.98. The van der Waals surface area contributed by atoms with Gasteiger partial charge in [-0.2, -0.15) is 0 Å². The zero-order valence-electron chi connectivity index (χ0n) is 17.4. The summed E-state index contributed by atoms with van der Waals surface area (Å²) < 4.78 is 12.8. The molecule has 164 valence electrons. The Hall–Kier alpha value is -1.91. The van der Waals surface area contributed by atoms with Gasteiger partial charge in [0.2, 0.25) is 0 Å². The standard InChI is InChI=1S/C22H30N4O3.HI/c1-23-22(24-11-4-13-29-20-10-14-28-17-20)25-15-18-6-8-19(9-7-18)16-26-12-3-2-5-21(26)27;/h2-3,5-9,12,20H,4,10-11,13-17H2,1H3,(H2,23,24,25);1H. The van der Waals surface area contributed by atoms with Crippen molar-refractivity contribution in [3.63, 3.8) is 0 Å². The SMILES string of the molecule is CN=C(NCCCOC1CCOC1)NCc1ccc(Cn2ccccc2=O)cc1.I. The van der Waals surface area contributed by atoms with E-state index in [2.05, 4.69) is 39.9 Å². The predicted octanol–water partition coefficient (Wildman–Crippen LogP) is 2.38. The molecule has 2 aromatic rings. The molecular weight excluding hydrogens is 495 g/mol. The van der Waals surface area contributed by atoms with Gasteiger partial charge in [0.1, 0.15) is 0 Å². The van der Waals surface area contributed by atoms with Crippen LogP contribution in [0.5, 0.6) is 0 Å². The number of nitrogens with one attached hydrogen (secondary N) is 2. The van der Waals surface area contributed by atoms with Crippen LogP contribution in [0.1, 0.15) is 24.0 Å². The van der Waals surface area contributed by atoms with Crippen LogP contribution >= 0.6 is 24.0 Å². The molecule has 0 amide bonds. The third-order valence-corrected chi connectivity index (χ3v) is 4.81. The Bertz CT molecular complexity index is 833. The number of benzene rings is 1. The maximum atomic E-state index is 11.8. The first-order valence-corrected chi connectivity index (χ1v) is 10.1. The summed E-state index contributed by atoms with van der Waals surface area (Å²) in [7, 11) is 1.77. The highest BCUT2D eigenvalue weighted by Crippen LogP contribution is 2.08. The fourth-order valence-corrected chi connectivity index (χ4v) is 3.13. The Balaban J connectivity index is 0.00000320. The van der Waals surface area contributed by atoms with Gasteiger partial charge in [0.25, 0.3) is 5.56 Å². The van der Waals surface area contributed by atoms with Crippen LogP contribution in [-0.4, -0.2) is 50.0 Å². The maximum Gasteiger partial charge on any atom is 0.250 e. The molecule has 1 saturated heterocycles. The van der Waals surface area contributed by atoms with Crippen molar-refractivity contribution in [2.45, 2.75) is 32.0 Å². The number of halogens is 1. The van der Waals surface area contributed by atoms with Crippen LogP contribution in [0, 0.1) is 0 Å². The Labute approximate surface area is 194 Å². The zero-order chi connectivity index (χ0) is 20.3. The van der Waals surface area contributed by atoms with Gasteiger partial charge in [-0.25, -0.2) is 0 Å². The number of pyridine rings is 1. The van der Waals surface area contributed by atoms with Crippen molar-refractivity contribution in [1.82, 2.24) is 15.2 Å². The summed E-state index contributed by atoms with van der Waals surface area (Å²) in [4.78, 5) is 16.1. The quantitative estimate of drug-likeness (QED) is 0.227. The average Bonchev–Trinajstić information content (AvgIpc) is 3.26. The van der Waals surface area contributed by atoms with Gasteiger partial charge in [0.05, 0.1) is 19.3 Å². The summed E-state index contributed by atoms with van der Waals surface area (Å²) in [6, 6.07) is 13.4. The number of aliphatic imine (C=N–C) groups is 1. The Morgan fingerprint density at radius 3 is 2.70 bits per heavy atom. The van der Waals surface area contributed by atoms with Gasteiger partial charge in [-0.05, 0) is 30.0 Å². The van der Waals surface area contributed by atoms with Gasteiger partial charge in [-0.1, -0.05) is 30.3 Å². The molecule has 7 nitrogen and oxygen atoms in total. The van der Waals surface area contributed by atoms with E-state index in [1.807, 2.05) is 6.07 Å². The second kappa shape index (κ2) is 13.4. The van der Waals surface area contributed by atoms with E-state index >= 15 is 0 Å². The van der Waals surface area contributed by atoms with Crippen molar-refractivity contribution in [3.05, 3.63) is 70.1 Å². The van der Waals surface area contributed by atoms with Crippen LogP contribution < -0.4 is 16.2 Å². The van der Waals surface area contributed by atoms with E-state index in [9.17, 15) is 4.79 Å². The van der Waals surface area contributed by atoms with Crippen molar-refractivity contribution in [2.24, 2.45) is 4.99 Å². The summed E-state index contributed by atoms with van der Waals surface area (Å²) in [5.41, 5.74) is 2.26. The highest BCUT2D eigenvalue weighted by Gasteiger charge is 2.15. The van der Waals surface area contributed by atoms with Crippen LogP contribution in [0.25, 0.3) is 0 Å². The molecule has 1 aliphatic heterocycles. The third kappa shape index (κ3) is 8.08. The van der Waals surface area contributed by atoms with E-state index < -0.39 is 0 Å². The molecule has 2 N–H and O–H groups in total. The zero-order valence-corrected chi connectivity index (χ0v) is 19.7. The van der Waals surface area contributed by atoms with Crippen molar-refractivity contribution < 1.29 is 9.47 Å². The molecule has 1 aromatic carbocycles. The summed E-state index contributed by atoms with van der Waals surface area (Å²) >= 11 is 0. The average molecular weight is 526 g/mol. The lowest BCUT2D eigenvalue weighted by molar-refractivity contribution is 0.0420. The van der Waals surface area contributed by atoms with Gasteiger partial charge in [-0.15, -0.1) is 24.0 Å². The summed E-state index contributed by atoms with van der Waals surface area (Å²) in [5.74, 6) is 0.772. The van der Waals surface area contributed by atoms with Gasteiger partial charge in [0.15, 0.2) is 5.96 Å². The molecule has 1 aliphatic rings. The minimum Gasteiger partial charge on any atom is -0.379 e. The van der Waals surface area contributed by atoms with E-state index in [-0.39, 0.29) is 35.6 Å². The van der Waals surface area contributed by atoms with Crippen molar-refractivity contribution in [1.29, 1.82) is 0 Å². The Morgan fingerprint density at radius 1 is 1.20 bits per heavy atom. The smallest absolute Gasteiger partial charge is 0.250 e. The number of hydrogen-bond acceptors (Lipinski definition) is 4. The molecule has 0 bridgehead atoms. The van der Waals surface area contributed by atoms with E-state index in [0.717, 1.165) is 56.3 Å². The number of hydrogen-bond donors (Lipinski definition) is 2. The molecule has 0 saturated carbocycles. The topological polar surface area (TPSA) is 76.9 Å². The second-order valence-electron chi connectivity index (χ2n) is 7.05. The molecule has 1 aromatic heterocycles. The van der Waals surface area contributed by atoms with E-state index in [1.54, 1.807) is 29.9 Å². The Kier molecular flexibility index (Phi) is 10.9. The van der Waals surface area contributed by atoms with Gasteiger partial charge in [-0.3, -0.25) is 9.79 Å². The lowest BCUT2D eigenvalue weighted by Gasteiger charge is -2.13. The van der Waals surface area contributed by atoms with Crippen molar-refractivity contribution in [3.8, 4) is 0 Å². The number of rotatable bonds is 9. The molecular formula is C22H31IN4O3. The molecule has 1 unspecified atom stereocenters. The number of aromatic nitrogens is 1. The maximum absolute atomic E-state index is 11.8. The molecule has 0 radical (unpaired) electrons. The van der Waals surface area contributed by atoms with Crippen LogP contribution in [0.3, 0.4) is 0 Å². The normalized spacial score (nSPS) is 16.2. The van der Waals surface area contributed by atoms with Crippen LogP contribution in [0.2, 0.25) is 0 Å². The molecule has 8 heteroatoms. The monoisotopic (exact) mass is 526 g/mol. The van der Waals surface area contributed by atoms with E-state index in [1.165, 1.54) is 0 Å². The summed E-state index contributed by atoms with van der Waals surface area (Å²) in [6.45, 7) is 4.32. The lowest BCUT2D eigenvalue weighted by atomic mass is 10.1. The minimum atomic E-state index is 0. The first-order valence-electron chi connectivity index (χ1n) is 10.1. The molecule has 30 heavy (non-hydrogen) atoms. The molecule has 2 heterocycles. The van der Waals surface area contributed by atoms with E-state index in [0.29, 0.717) is 13.1 Å². The van der Waals surface area contributed by atoms with E-state index in [4.69, 9.17) is 9.47 Å². The first-order chi connectivity index (χ1) is 14.2. The Morgan fingerprint density at radius 2 is 2.00 bits per heavy atom. The third-order valence-electron chi connectivity index (χ3n) is 4.81. The number of nitrogens with zero attached hydrogens (tertiary/aromatic N) is 2. The van der Waals surface area contributed by atoms with Crippen LogP contribution in [0.4, 0.5) is 0 Å². The largest absolute Gasteiger partial charge is 0.379 e. The second-order valence-corrected chi connectivity index (χ2v) is 7.05. The highest BCUT2D eigenvalue weighted by atomic mass is 127. The molecule has 0 spiro atoms. The highest BCUT2D eigenvalue weighted by molar-refractivity contribution is 14.0. The van der Waals surface area contributed by atoms with Crippen LogP contribution in [0.15, 0.2) is 58.4 Å². The predicted molar refractivity (Wildman–Crippen MR) is 130 cm³/mol. The van der Waals surface area contributed by atoms with Gasteiger partial charge < -0.3 is 24.7 Å². The van der Waals surface area contributed by atoms with Gasteiger partial charge in [0, 0.05) is 45.6 Å². The minimum absolute atomic E-state index is 0. The molecule has 3 rings (SSSR count). The molecule has 1 fully saturated rings. The van der Waals surface area contributed by atoms with Gasteiger partial charge >= 0.3 is 0 Å². The number of ether oxygens (including phenoxy) is 2. The fraction of sp³-hybridized carbons (Fsp3) is 0.455. The first kappa shape index (κ1) is 24.4. The molecule has 1 atom stereocenters. The van der Waals surface area contributed by atoms with Crippen molar-refractivity contribution in [2.75, 3.05) is 33.4 Å². The number of guanidine groups is 1. The fourth-order valence-electron chi connectivity index (χ4n) is 3.13. The lowest BCUT2D eigenvalue weighted by Crippen LogP contribution is -2.37. The van der Waals surface area contributed by atoms with Crippen molar-refractivity contribution >= 4 is 29.9 Å². The molecule has 0 aliphatic carbocycles. The van der Waals surface area contributed by atoms with Crippen LogP contribution in [-0.2, 0) is 22.6 Å². The summed E-state index contributed by atoms with van der Waals surface area (Å²) in [5, 5.41) is 6.62.